The zero-order valence-electron chi connectivity index (χ0n) is 14.4. The Hall–Kier alpha value is -1.73. The van der Waals surface area contributed by atoms with Crippen molar-refractivity contribution < 1.29 is 9.90 Å². The van der Waals surface area contributed by atoms with Crippen molar-refractivity contribution in [2.75, 3.05) is 13.1 Å². The van der Waals surface area contributed by atoms with E-state index >= 15 is 0 Å². The normalized spacial score (nSPS) is 29.0. The molecule has 0 aromatic carbocycles. The number of amides is 1. The summed E-state index contributed by atoms with van der Waals surface area (Å²) in [6, 6.07) is 0.0804. The molecule has 1 N–H and O–H groups in total. The zero-order valence-corrected chi connectivity index (χ0v) is 15.2. The molecule has 2 aromatic heterocycles. The SMILES string of the molecule is Cc1nc(CCC(=O)N2C[C@H]3C[C@@H](n4ccnc4)[C@H](O)C[C@H]3C2)cs1. The quantitative estimate of drug-likeness (QED) is 0.906. The molecule has 7 heteroatoms. The Labute approximate surface area is 151 Å². The Morgan fingerprint density at radius 1 is 1.36 bits per heavy atom. The molecule has 0 unspecified atom stereocenters. The van der Waals surface area contributed by atoms with Gasteiger partial charge >= 0.3 is 0 Å². The van der Waals surface area contributed by atoms with Crippen LogP contribution in [0.25, 0.3) is 0 Å². The lowest BCUT2D eigenvalue weighted by Gasteiger charge is -2.35. The minimum atomic E-state index is -0.358. The molecule has 0 radical (unpaired) electrons. The van der Waals surface area contributed by atoms with Gasteiger partial charge in [0.15, 0.2) is 0 Å². The van der Waals surface area contributed by atoms with Gasteiger partial charge in [-0.15, -0.1) is 11.3 Å². The molecule has 1 saturated carbocycles. The number of hydrogen-bond acceptors (Lipinski definition) is 5. The molecule has 4 atom stereocenters. The van der Waals surface area contributed by atoms with Gasteiger partial charge in [-0.1, -0.05) is 0 Å². The Morgan fingerprint density at radius 2 is 2.16 bits per heavy atom. The summed E-state index contributed by atoms with van der Waals surface area (Å²) in [5, 5.41) is 13.6. The van der Waals surface area contributed by atoms with E-state index in [9.17, 15) is 9.90 Å². The number of hydrogen-bond donors (Lipinski definition) is 1. The summed E-state index contributed by atoms with van der Waals surface area (Å²) in [5.41, 5.74) is 1.02. The minimum absolute atomic E-state index is 0.0804. The van der Waals surface area contributed by atoms with Crippen molar-refractivity contribution in [2.45, 2.75) is 44.8 Å². The number of carbonyl (C=O) groups is 1. The Bertz CT molecular complexity index is 729. The number of rotatable bonds is 4. The van der Waals surface area contributed by atoms with E-state index in [1.807, 2.05) is 28.0 Å². The lowest BCUT2D eigenvalue weighted by Crippen LogP contribution is -2.35. The van der Waals surface area contributed by atoms with Gasteiger partial charge in [0.05, 0.1) is 29.2 Å². The molecule has 3 heterocycles. The van der Waals surface area contributed by atoms with Crippen LogP contribution in [0, 0.1) is 18.8 Å². The monoisotopic (exact) mass is 360 g/mol. The summed E-state index contributed by atoms with van der Waals surface area (Å²) in [7, 11) is 0. The van der Waals surface area contributed by atoms with Crippen LogP contribution in [-0.4, -0.2) is 49.6 Å². The standard InChI is InChI=1S/C18H24N4O2S/c1-12-20-15(10-25-12)2-3-18(24)22-8-13-6-16(21-5-4-19-11-21)17(23)7-14(13)9-22/h4-5,10-11,13-14,16-17,23H,2-3,6-9H2,1H3/t13-,14+,16-,17-/m1/s1. The van der Waals surface area contributed by atoms with Crippen molar-refractivity contribution in [1.29, 1.82) is 0 Å². The van der Waals surface area contributed by atoms with Gasteiger partial charge in [0.1, 0.15) is 0 Å². The molecule has 1 saturated heterocycles. The zero-order chi connectivity index (χ0) is 17.4. The molecule has 2 aliphatic rings. The first-order valence-electron chi connectivity index (χ1n) is 8.94. The summed E-state index contributed by atoms with van der Waals surface area (Å²) in [4.78, 5) is 23.1. The summed E-state index contributed by atoms with van der Waals surface area (Å²) in [6.07, 6.45) is 8.02. The van der Waals surface area contributed by atoms with Crippen LogP contribution in [-0.2, 0) is 11.2 Å². The number of fused-ring (bicyclic) bond motifs is 1. The second-order valence-corrected chi connectivity index (χ2v) is 8.35. The van der Waals surface area contributed by atoms with Crippen molar-refractivity contribution in [3.05, 3.63) is 34.8 Å². The Kier molecular flexibility index (Phi) is 4.60. The number of nitrogens with zero attached hydrogens (tertiary/aromatic N) is 4. The number of aliphatic hydroxyl groups excluding tert-OH is 1. The number of carbonyl (C=O) groups excluding carboxylic acids is 1. The fourth-order valence-electron chi connectivity index (χ4n) is 4.31. The highest BCUT2D eigenvalue weighted by molar-refractivity contribution is 7.09. The molecule has 4 rings (SSSR count). The lowest BCUT2D eigenvalue weighted by molar-refractivity contribution is -0.130. The maximum atomic E-state index is 12.6. The van der Waals surface area contributed by atoms with E-state index in [1.54, 1.807) is 23.9 Å². The number of aryl methyl sites for hydroxylation is 2. The van der Waals surface area contributed by atoms with Crippen LogP contribution in [0.5, 0.6) is 0 Å². The molecule has 25 heavy (non-hydrogen) atoms. The predicted molar refractivity (Wildman–Crippen MR) is 95.2 cm³/mol. The van der Waals surface area contributed by atoms with E-state index in [1.165, 1.54) is 0 Å². The minimum Gasteiger partial charge on any atom is -0.391 e. The molecule has 2 aromatic rings. The molecule has 6 nitrogen and oxygen atoms in total. The van der Waals surface area contributed by atoms with E-state index in [-0.39, 0.29) is 18.1 Å². The van der Waals surface area contributed by atoms with E-state index < -0.39 is 0 Å². The van der Waals surface area contributed by atoms with Crippen LogP contribution in [0.2, 0.25) is 0 Å². The van der Waals surface area contributed by atoms with Gasteiger partial charge in [0.2, 0.25) is 5.91 Å². The first kappa shape index (κ1) is 16.7. The maximum absolute atomic E-state index is 12.6. The molecule has 2 fully saturated rings. The second kappa shape index (κ2) is 6.88. The fraction of sp³-hybridized carbons (Fsp3) is 0.611. The third kappa shape index (κ3) is 3.48. The highest BCUT2D eigenvalue weighted by Crippen LogP contribution is 2.41. The van der Waals surface area contributed by atoms with E-state index in [0.29, 0.717) is 18.3 Å². The molecule has 0 bridgehead atoms. The third-order valence-electron chi connectivity index (χ3n) is 5.63. The van der Waals surface area contributed by atoms with Crippen LogP contribution < -0.4 is 0 Å². The lowest BCUT2D eigenvalue weighted by atomic mass is 9.77. The van der Waals surface area contributed by atoms with E-state index in [0.717, 1.165) is 43.1 Å². The smallest absolute Gasteiger partial charge is 0.222 e. The number of imidazole rings is 1. The number of likely N-dealkylation sites (tertiary alicyclic amines) is 1. The highest BCUT2D eigenvalue weighted by atomic mass is 32.1. The Balaban J connectivity index is 1.35. The molecular formula is C18H24N4O2S. The van der Waals surface area contributed by atoms with E-state index in [4.69, 9.17) is 0 Å². The van der Waals surface area contributed by atoms with Crippen LogP contribution in [0.1, 0.15) is 36.0 Å². The van der Waals surface area contributed by atoms with Gasteiger partial charge in [-0.2, -0.15) is 0 Å². The van der Waals surface area contributed by atoms with Gasteiger partial charge in [-0.3, -0.25) is 4.79 Å². The van der Waals surface area contributed by atoms with Gasteiger partial charge in [-0.25, -0.2) is 9.97 Å². The van der Waals surface area contributed by atoms with Gasteiger partial charge in [0, 0.05) is 37.3 Å². The van der Waals surface area contributed by atoms with E-state index in [2.05, 4.69) is 9.97 Å². The maximum Gasteiger partial charge on any atom is 0.222 e. The molecule has 134 valence electrons. The highest BCUT2D eigenvalue weighted by Gasteiger charge is 2.43. The van der Waals surface area contributed by atoms with Gasteiger partial charge in [0.25, 0.3) is 0 Å². The summed E-state index contributed by atoms with van der Waals surface area (Å²) in [6.45, 7) is 3.59. The fourth-order valence-corrected chi connectivity index (χ4v) is 4.96. The number of aliphatic hydroxyl groups is 1. The molecule has 1 aliphatic heterocycles. The largest absolute Gasteiger partial charge is 0.391 e. The first-order chi connectivity index (χ1) is 12.1. The average Bonchev–Trinajstić information content (AvgIpc) is 3.32. The van der Waals surface area contributed by atoms with Crippen molar-refractivity contribution in [3.63, 3.8) is 0 Å². The predicted octanol–water partition coefficient (Wildman–Crippen LogP) is 2.05. The average molecular weight is 360 g/mol. The van der Waals surface area contributed by atoms with Crippen molar-refractivity contribution >= 4 is 17.2 Å². The van der Waals surface area contributed by atoms with Crippen LogP contribution in [0.3, 0.4) is 0 Å². The number of thiazole rings is 1. The Morgan fingerprint density at radius 3 is 2.84 bits per heavy atom. The van der Waals surface area contributed by atoms with Crippen molar-refractivity contribution in [2.24, 2.45) is 11.8 Å². The van der Waals surface area contributed by atoms with Crippen LogP contribution in [0.15, 0.2) is 24.1 Å². The summed E-state index contributed by atoms with van der Waals surface area (Å²) < 4.78 is 2.01. The second-order valence-electron chi connectivity index (χ2n) is 7.29. The first-order valence-corrected chi connectivity index (χ1v) is 9.82. The van der Waals surface area contributed by atoms with Crippen LogP contribution >= 0.6 is 11.3 Å². The molecule has 1 aliphatic carbocycles. The molecule has 1 amide bonds. The molecular weight excluding hydrogens is 336 g/mol. The van der Waals surface area contributed by atoms with Crippen molar-refractivity contribution in [1.82, 2.24) is 19.4 Å². The van der Waals surface area contributed by atoms with Crippen LogP contribution in [0.4, 0.5) is 0 Å². The summed E-state index contributed by atoms with van der Waals surface area (Å²) in [5.74, 6) is 1.11. The van der Waals surface area contributed by atoms with Crippen molar-refractivity contribution in [3.8, 4) is 0 Å². The van der Waals surface area contributed by atoms with Gasteiger partial charge < -0.3 is 14.6 Å². The summed E-state index contributed by atoms with van der Waals surface area (Å²) >= 11 is 1.63. The molecule has 0 spiro atoms. The number of aromatic nitrogens is 3. The van der Waals surface area contributed by atoms with Gasteiger partial charge in [-0.05, 0) is 38.0 Å². The topological polar surface area (TPSA) is 71.2 Å². The third-order valence-corrected chi connectivity index (χ3v) is 6.45.